The lowest BCUT2D eigenvalue weighted by atomic mass is 9.94. The molecular formula is C35H38N2O3. The van der Waals surface area contributed by atoms with Gasteiger partial charge < -0.3 is 15.0 Å². The molecule has 1 aliphatic rings. The Balaban J connectivity index is 1.43. The molecule has 0 aliphatic heterocycles. The molecule has 1 atom stereocenters. The van der Waals surface area contributed by atoms with Crippen molar-refractivity contribution in [2.24, 2.45) is 0 Å². The summed E-state index contributed by atoms with van der Waals surface area (Å²) in [6.45, 7) is 2.22. The first-order valence-corrected chi connectivity index (χ1v) is 14.4. The Morgan fingerprint density at radius 2 is 1.55 bits per heavy atom. The lowest BCUT2D eigenvalue weighted by Crippen LogP contribution is -2.53. The van der Waals surface area contributed by atoms with Crippen LogP contribution in [-0.4, -0.2) is 35.4 Å². The molecule has 0 saturated heterocycles. The van der Waals surface area contributed by atoms with Gasteiger partial charge in [0.1, 0.15) is 11.8 Å². The largest absolute Gasteiger partial charge is 0.483 e. The zero-order valence-corrected chi connectivity index (χ0v) is 23.2. The fourth-order valence-electron chi connectivity index (χ4n) is 5.65. The molecular weight excluding hydrogens is 496 g/mol. The molecule has 0 bridgehead atoms. The molecule has 5 heteroatoms. The van der Waals surface area contributed by atoms with Crippen LogP contribution in [0.25, 0.3) is 10.8 Å². The highest BCUT2D eigenvalue weighted by molar-refractivity contribution is 5.90. The van der Waals surface area contributed by atoms with E-state index in [1.165, 1.54) is 6.42 Å². The number of fused-ring (bicyclic) bond motifs is 1. The van der Waals surface area contributed by atoms with Crippen LogP contribution in [0.4, 0.5) is 0 Å². The molecule has 0 heterocycles. The number of rotatable bonds is 10. The minimum atomic E-state index is -0.659. The van der Waals surface area contributed by atoms with Crippen molar-refractivity contribution in [1.82, 2.24) is 10.2 Å². The van der Waals surface area contributed by atoms with Crippen molar-refractivity contribution < 1.29 is 14.3 Å². The molecule has 0 aromatic heterocycles. The van der Waals surface area contributed by atoms with E-state index in [0.717, 1.165) is 53.1 Å². The predicted molar refractivity (Wildman–Crippen MR) is 160 cm³/mol. The van der Waals surface area contributed by atoms with E-state index in [1.807, 2.05) is 97.9 Å². The van der Waals surface area contributed by atoms with Gasteiger partial charge in [-0.25, -0.2) is 0 Å². The summed E-state index contributed by atoms with van der Waals surface area (Å²) in [5.41, 5.74) is 3.12. The SMILES string of the molecule is Cc1cccc(CN(C(=O)COc2cccc3ccccc23)[C@H](Cc2ccccc2)C(=O)NC2CCCCC2)c1. The maximum absolute atomic E-state index is 14.0. The van der Waals surface area contributed by atoms with Crippen LogP contribution in [0.1, 0.15) is 48.8 Å². The second-order valence-corrected chi connectivity index (χ2v) is 10.8. The van der Waals surface area contributed by atoms with E-state index in [4.69, 9.17) is 4.74 Å². The Morgan fingerprint density at radius 3 is 2.35 bits per heavy atom. The third-order valence-corrected chi connectivity index (χ3v) is 7.76. The van der Waals surface area contributed by atoms with Gasteiger partial charge in [0.25, 0.3) is 5.91 Å². The molecule has 0 radical (unpaired) electrons. The van der Waals surface area contributed by atoms with E-state index in [-0.39, 0.29) is 24.5 Å². The molecule has 1 saturated carbocycles. The number of carbonyl (C=O) groups is 2. The summed E-state index contributed by atoms with van der Waals surface area (Å²) in [5, 5.41) is 5.31. The summed E-state index contributed by atoms with van der Waals surface area (Å²) in [6.07, 6.45) is 5.87. The second kappa shape index (κ2) is 13.3. The van der Waals surface area contributed by atoms with Crippen molar-refractivity contribution in [3.05, 3.63) is 114 Å². The molecule has 0 spiro atoms. The quantitative estimate of drug-likeness (QED) is 0.249. The molecule has 1 aliphatic carbocycles. The van der Waals surface area contributed by atoms with Crippen LogP contribution in [0, 0.1) is 6.92 Å². The van der Waals surface area contributed by atoms with Crippen LogP contribution in [0.3, 0.4) is 0 Å². The highest BCUT2D eigenvalue weighted by atomic mass is 16.5. The minimum Gasteiger partial charge on any atom is -0.483 e. The first kappa shape index (κ1) is 27.4. The van der Waals surface area contributed by atoms with Crippen LogP contribution in [0.15, 0.2) is 97.1 Å². The van der Waals surface area contributed by atoms with E-state index >= 15 is 0 Å². The van der Waals surface area contributed by atoms with Crippen molar-refractivity contribution in [1.29, 1.82) is 0 Å². The summed E-state index contributed by atoms with van der Waals surface area (Å²) < 4.78 is 6.13. The number of nitrogens with zero attached hydrogens (tertiary/aromatic N) is 1. The van der Waals surface area contributed by atoms with Gasteiger partial charge in [-0.05, 0) is 42.3 Å². The smallest absolute Gasteiger partial charge is 0.261 e. The van der Waals surface area contributed by atoms with Gasteiger partial charge in [0.05, 0.1) is 0 Å². The van der Waals surface area contributed by atoms with Crippen LogP contribution in [0.5, 0.6) is 5.75 Å². The van der Waals surface area contributed by atoms with Crippen molar-refractivity contribution in [2.75, 3.05) is 6.61 Å². The second-order valence-electron chi connectivity index (χ2n) is 10.8. The van der Waals surface area contributed by atoms with Gasteiger partial charge in [0.2, 0.25) is 5.91 Å². The molecule has 1 N–H and O–H groups in total. The number of ether oxygens (including phenoxy) is 1. The van der Waals surface area contributed by atoms with Crippen LogP contribution in [0.2, 0.25) is 0 Å². The number of hydrogen-bond acceptors (Lipinski definition) is 3. The Labute approximate surface area is 237 Å². The van der Waals surface area contributed by atoms with E-state index < -0.39 is 6.04 Å². The van der Waals surface area contributed by atoms with Gasteiger partial charge in [0, 0.05) is 24.4 Å². The molecule has 5 nitrogen and oxygen atoms in total. The molecule has 0 unspecified atom stereocenters. The lowest BCUT2D eigenvalue weighted by molar-refractivity contribution is -0.143. The molecule has 1 fully saturated rings. The van der Waals surface area contributed by atoms with Gasteiger partial charge in [-0.15, -0.1) is 0 Å². The topological polar surface area (TPSA) is 58.6 Å². The number of carbonyl (C=O) groups excluding carboxylic acids is 2. The van der Waals surface area contributed by atoms with Crippen molar-refractivity contribution >= 4 is 22.6 Å². The predicted octanol–water partition coefficient (Wildman–Crippen LogP) is 6.62. The number of hydrogen-bond donors (Lipinski definition) is 1. The summed E-state index contributed by atoms with van der Waals surface area (Å²) in [6, 6.07) is 31.4. The third-order valence-electron chi connectivity index (χ3n) is 7.76. The fourth-order valence-corrected chi connectivity index (χ4v) is 5.65. The zero-order chi connectivity index (χ0) is 27.7. The highest BCUT2D eigenvalue weighted by Crippen LogP contribution is 2.26. The monoisotopic (exact) mass is 534 g/mol. The van der Waals surface area contributed by atoms with Crippen molar-refractivity contribution in [2.45, 2.75) is 64.1 Å². The minimum absolute atomic E-state index is 0.0954. The molecule has 4 aromatic carbocycles. The Bertz CT molecular complexity index is 1420. The van der Waals surface area contributed by atoms with Gasteiger partial charge in [-0.1, -0.05) is 116 Å². The number of aryl methyl sites for hydroxylation is 1. The van der Waals surface area contributed by atoms with Gasteiger partial charge in [-0.3, -0.25) is 9.59 Å². The summed E-state index contributed by atoms with van der Waals surface area (Å²) in [7, 11) is 0. The van der Waals surface area contributed by atoms with Crippen molar-refractivity contribution in [3.8, 4) is 5.75 Å². The third kappa shape index (κ3) is 7.09. The average Bonchev–Trinajstić information content (AvgIpc) is 2.98. The molecule has 40 heavy (non-hydrogen) atoms. The summed E-state index contributed by atoms with van der Waals surface area (Å²) in [5.74, 6) is 0.351. The summed E-state index contributed by atoms with van der Waals surface area (Å²) >= 11 is 0. The Morgan fingerprint density at radius 1 is 0.850 bits per heavy atom. The van der Waals surface area contributed by atoms with E-state index in [9.17, 15) is 9.59 Å². The summed E-state index contributed by atoms with van der Waals surface area (Å²) in [4.78, 5) is 29.6. The van der Waals surface area contributed by atoms with E-state index in [2.05, 4.69) is 11.4 Å². The Kier molecular flexibility index (Phi) is 9.12. The van der Waals surface area contributed by atoms with Crippen LogP contribution < -0.4 is 10.1 Å². The van der Waals surface area contributed by atoms with Crippen molar-refractivity contribution in [3.63, 3.8) is 0 Å². The number of benzene rings is 4. The fraction of sp³-hybridized carbons (Fsp3) is 0.314. The first-order valence-electron chi connectivity index (χ1n) is 14.4. The lowest BCUT2D eigenvalue weighted by Gasteiger charge is -2.33. The Hall–Kier alpha value is -4.12. The van der Waals surface area contributed by atoms with Gasteiger partial charge in [0.15, 0.2) is 6.61 Å². The van der Waals surface area contributed by atoms with E-state index in [0.29, 0.717) is 18.7 Å². The number of nitrogens with one attached hydrogen (secondary N) is 1. The van der Waals surface area contributed by atoms with Gasteiger partial charge >= 0.3 is 0 Å². The zero-order valence-electron chi connectivity index (χ0n) is 23.2. The van der Waals surface area contributed by atoms with Crippen LogP contribution in [-0.2, 0) is 22.6 Å². The van der Waals surface area contributed by atoms with Crippen LogP contribution >= 0.6 is 0 Å². The normalized spacial score (nSPS) is 14.4. The maximum Gasteiger partial charge on any atom is 0.261 e. The average molecular weight is 535 g/mol. The molecule has 4 aromatic rings. The van der Waals surface area contributed by atoms with Gasteiger partial charge in [-0.2, -0.15) is 0 Å². The molecule has 5 rings (SSSR count). The first-order chi connectivity index (χ1) is 19.6. The maximum atomic E-state index is 14.0. The standard InChI is InChI=1S/C35H38N2O3/c1-26-12-10-15-28(22-26)24-37(34(38)25-40-33-21-11-17-29-16-8-9-20-31(29)33)32(23-27-13-4-2-5-14-27)35(39)36-30-18-6-3-7-19-30/h2,4-5,8-17,20-22,30,32H,3,6-7,18-19,23-25H2,1H3,(H,36,39)/t32-/m1/s1. The highest BCUT2D eigenvalue weighted by Gasteiger charge is 2.32. The molecule has 206 valence electrons. The number of amides is 2. The van der Waals surface area contributed by atoms with E-state index in [1.54, 1.807) is 4.90 Å². The molecule has 2 amide bonds.